The van der Waals surface area contributed by atoms with E-state index in [0.29, 0.717) is 13.1 Å². The molecule has 0 spiro atoms. The Morgan fingerprint density at radius 1 is 0.824 bits per heavy atom. The fourth-order valence-corrected chi connectivity index (χ4v) is 0. The third-order valence-electron chi connectivity index (χ3n) is 0.258. The minimum atomic E-state index is 0. The van der Waals surface area contributed by atoms with Gasteiger partial charge < -0.3 is 39.5 Å². The van der Waals surface area contributed by atoms with Crippen LogP contribution in [-0.2, 0) is 0 Å². The van der Waals surface area contributed by atoms with Gasteiger partial charge in [-0.3, -0.25) is 0 Å². The minimum Gasteiger partial charge on any atom is -0.412 e. The molecule has 0 atom stereocenters. The van der Waals surface area contributed by atoms with Crippen LogP contribution in [0.4, 0.5) is 0 Å². The van der Waals surface area contributed by atoms with Crippen LogP contribution in [0.1, 0.15) is 28.7 Å². The molecule has 0 aliphatic rings. The van der Waals surface area contributed by atoms with E-state index in [1.165, 1.54) is 0 Å². The summed E-state index contributed by atoms with van der Waals surface area (Å²) in [5, 5.41) is 15.5. The molecule has 0 amide bonds. The van der Waals surface area contributed by atoms with Gasteiger partial charge in [-0.2, -0.15) is 0 Å². The third kappa shape index (κ3) is 1310. The molecule has 0 saturated heterocycles. The van der Waals surface area contributed by atoms with Crippen LogP contribution in [0.25, 0.3) is 0 Å². The van der Waals surface area contributed by atoms with E-state index in [0.717, 1.165) is 0 Å². The molecule has 0 aromatic rings. The molecule has 0 aromatic carbocycles. The SMILES string of the molecule is C.C.C=C.CC.N.N.NCCO.NCCO.O. The molecule has 14 N–H and O–H groups in total. The van der Waals surface area contributed by atoms with E-state index < -0.39 is 0 Å². The lowest BCUT2D eigenvalue weighted by molar-refractivity contribution is 0.306. The van der Waals surface area contributed by atoms with Gasteiger partial charge in [-0.05, 0) is 0 Å². The molecule has 0 rings (SSSR count). The van der Waals surface area contributed by atoms with Crippen molar-refractivity contribution in [2.24, 2.45) is 11.5 Å². The average Bonchev–Trinajstić information content (AvgIpc) is 2.23. The highest BCUT2D eigenvalue weighted by atomic mass is 16.3. The van der Waals surface area contributed by atoms with Gasteiger partial charge in [-0.1, -0.05) is 28.7 Å². The van der Waals surface area contributed by atoms with Gasteiger partial charge in [0.25, 0.3) is 0 Å². The first-order valence-corrected chi connectivity index (χ1v) is 3.95. The lowest BCUT2D eigenvalue weighted by Crippen LogP contribution is -2.02. The van der Waals surface area contributed by atoms with E-state index in [4.69, 9.17) is 21.7 Å². The molecule has 0 aromatic heterocycles. The topological polar surface area (TPSA) is 194 Å². The zero-order chi connectivity index (χ0) is 10.8. The normalized spacial score (nSPS) is 4.12. The van der Waals surface area contributed by atoms with Crippen LogP contribution >= 0.6 is 0 Å². The van der Waals surface area contributed by atoms with Gasteiger partial charge in [0, 0.05) is 13.1 Å². The van der Waals surface area contributed by atoms with Crippen LogP contribution in [0.3, 0.4) is 0 Å². The molecular weight excluding hydrogens is 224 g/mol. The van der Waals surface area contributed by atoms with Gasteiger partial charge in [-0.25, -0.2) is 0 Å². The molecule has 0 aliphatic heterocycles. The third-order valence-corrected chi connectivity index (χ3v) is 0.258. The van der Waals surface area contributed by atoms with Crippen LogP contribution in [0.15, 0.2) is 13.2 Å². The number of hydrogen-bond acceptors (Lipinski definition) is 6. The number of aliphatic hydroxyl groups is 2. The molecule has 0 heterocycles. The average molecular weight is 264 g/mol. The van der Waals surface area contributed by atoms with E-state index >= 15 is 0 Å². The van der Waals surface area contributed by atoms with Gasteiger partial charge >= 0.3 is 0 Å². The highest BCUT2D eigenvalue weighted by molar-refractivity contribution is 4.22. The van der Waals surface area contributed by atoms with Crippen LogP contribution in [0.2, 0.25) is 0 Å². The van der Waals surface area contributed by atoms with Crippen LogP contribution in [0.5, 0.6) is 0 Å². The highest BCUT2D eigenvalue weighted by Gasteiger charge is 1.56. The van der Waals surface area contributed by atoms with Crippen molar-refractivity contribution in [1.29, 1.82) is 0 Å². The molecule has 17 heavy (non-hydrogen) atoms. The summed E-state index contributed by atoms with van der Waals surface area (Å²) < 4.78 is 0. The lowest BCUT2D eigenvalue weighted by Gasteiger charge is -1.71. The smallest absolute Gasteiger partial charge is 0.0553 e. The molecule has 0 radical (unpaired) electrons. The summed E-state index contributed by atoms with van der Waals surface area (Å²) in [4.78, 5) is 0. The lowest BCUT2D eigenvalue weighted by atomic mass is 10.8. The summed E-state index contributed by atoms with van der Waals surface area (Å²) in [6.45, 7) is 10.9. The van der Waals surface area contributed by atoms with E-state index in [1.807, 2.05) is 13.8 Å². The largest absolute Gasteiger partial charge is 0.412 e. The van der Waals surface area contributed by atoms with Crippen LogP contribution in [0, 0.1) is 0 Å². The Kier molecular flexibility index (Phi) is 1120. The Morgan fingerprint density at radius 3 is 0.882 bits per heavy atom. The standard InChI is InChI=1S/2C2H7NO.C2H6.C2H4.2CH4.2H3N.H2O/c2*3-1-2-4;2*1-2;;;;;/h2*4H,1-3H2;1-2H3;1-2H2;2*1H4;2*1H3;1H2. The van der Waals surface area contributed by atoms with Crippen LogP contribution in [-0.4, -0.2) is 42.0 Å². The fourth-order valence-electron chi connectivity index (χ4n) is 0. The van der Waals surface area contributed by atoms with E-state index in [9.17, 15) is 0 Å². The van der Waals surface area contributed by atoms with Crippen molar-refractivity contribution in [1.82, 2.24) is 12.3 Å². The maximum Gasteiger partial charge on any atom is 0.0553 e. The predicted octanol–water partition coefficient (Wildman–Crippen LogP) is 0.475. The zero-order valence-electron chi connectivity index (χ0n) is 10.2. The molecule has 118 valence electrons. The second kappa shape index (κ2) is 270. The van der Waals surface area contributed by atoms with E-state index in [1.54, 1.807) is 0 Å². The zero-order valence-corrected chi connectivity index (χ0v) is 10.2. The first-order valence-electron chi connectivity index (χ1n) is 3.95. The van der Waals surface area contributed by atoms with Gasteiger partial charge in [0.1, 0.15) is 0 Å². The molecule has 7 heteroatoms. The summed E-state index contributed by atoms with van der Waals surface area (Å²) in [6, 6.07) is 0. The second-order valence-electron chi connectivity index (χ2n) is 1.02. The van der Waals surface area contributed by atoms with Crippen molar-refractivity contribution in [3.63, 3.8) is 0 Å². The molecule has 0 saturated carbocycles. The van der Waals surface area contributed by atoms with Crippen molar-refractivity contribution >= 4 is 0 Å². The van der Waals surface area contributed by atoms with Crippen molar-refractivity contribution in [2.75, 3.05) is 26.3 Å². The quantitative estimate of drug-likeness (QED) is 0.392. The Bertz CT molecular complexity index is 38.7. The Labute approximate surface area is 108 Å². The minimum absolute atomic E-state index is 0. The predicted molar refractivity (Wildman–Crippen MR) is 82.0 cm³/mol. The van der Waals surface area contributed by atoms with E-state index in [2.05, 4.69) is 13.2 Å². The van der Waals surface area contributed by atoms with Gasteiger partial charge in [-0.15, -0.1) is 13.2 Å². The van der Waals surface area contributed by atoms with Crippen molar-refractivity contribution in [2.45, 2.75) is 28.7 Å². The number of nitrogens with two attached hydrogens (primary N) is 2. The Balaban J connectivity index is -0.00000000680. The fraction of sp³-hybridized carbons (Fsp3) is 0.800. The highest BCUT2D eigenvalue weighted by Crippen LogP contribution is 1.33. The van der Waals surface area contributed by atoms with Gasteiger partial charge in [0.15, 0.2) is 0 Å². The second-order valence-corrected chi connectivity index (χ2v) is 1.02. The molecule has 0 bridgehead atoms. The van der Waals surface area contributed by atoms with Crippen molar-refractivity contribution in [3.8, 4) is 0 Å². The summed E-state index contributed by atoms with van der Waals surface area (Å²) in [6.07, 6.45) is 0. The summed E-state index contributed by atoms with van der Waals surface area (Å²) in [7, 11) is 0. The molecule has 0 aliphatic carbocycles. The van der Waals surface area contributed by atoms with E-state index in [-0.39, 0.29) is 45.8 Å². The van der Waals surface area contributed by atoms with Gasteiger partial charge in [0.05, 0.1) is 13.2 Å². The van der Waals surface area contributed by atoms with Crippen LogP contribution < -0.4 is 23.8 Å². The van der Waals surface area contributed by atoms with Gasteiger partial charge in [0.2, 0.25) is 0 Å². The molecule has 0 unspecified atom stereocenters. The summed E-state index contributed by atoms with van der Waals surface area (Å²) >= 11 is 0. The first-order chi connectivity index (χ1) is 5.83. The van der Waals surface area contributed by atoms with Crippen molar-refractivity contribution in [3.05, 3.63) is 13.2 Å². The number of hydrogen-bond donors (Lipinski definition) is 6. The maximum atomic E-state index is 7.75. The maximum absolute atomic E-state index is 7.75. The first kappa shape index (κ1) is 70.7. The Hall–Kier alpha value is -0.540. The molecular formula is C10H40N4O3. The molecule has 7 nitrogen and oxygen atoms in total. The molecule has 0 fully saturated rings. The van der Waals surface area contributed by atoms with Crippen molar-refractivity contribution < 1.29 is 15.7 Å². The number of aliphatic hydroxyl groups excluding tert-OH is 2. The Morgan fingerprint density at radius 2 is 0.882 bits per heavy atom. The summed E-state index contributed by atoms with van der Waals surface area (Å²) in [5.41, 5.74) is 9.56. The number of rotatable bonds is 2. The monoisotopic (exact) mass is 264 g/mol. The summed E-state index contributed by atoms with van der Waals surface area (Å²) in [5.74, 6) is 0.